The Hall–Kier alpha value is -0.830. The molecule has 16 heavy (non-hydrogen) atoms. The molecule has 1 fully saturated rings. The first-order valence-electron chi connectivity index (χ1n) is 6.37. The summed E-state index contributed by atoms with van der Waals surface area (Å²) in [6, 6.07) is 0.274. The molecule has 3 unspecified atom stereocenters. The third-order valence-corrected chi connectivity index (χ3v) is 3.87. The van der Waals surface area contributed by atoms with Gasteiger partial charge in [0.2, 0.25) is 5.91 Å². The summed E-state index contributed by atoms with van der Waals surface area (Å²) < 4.78 is 0. The molecular weight excluding hydrogens is 200 g/mol. The van der Waals surface area contributed by atoms with Gasteiger partial charge in [0.05, 0.1) is 0 Å². The van der Waals surface area contributed by atoms with E-state index in [2.05, 4.69) is 19.1 Å². The highest BCUT2D eigenvalue weighted by Crippen LogP contribution is 2.23. The second kappa shape index (κ2) is 5.00. The standard InChI is InChI=1S/C13H22N2O/c1-10-9-15(7-6-12(10)14)13(16)8-11-4-2-3-5-11/h2,4,10-12H,3,5-9,14H2,1H3. The number of piperidine rings is 1. The Morgan fingerprint density at radius 2 is 2.31 bits per heavy atom. The van der Waals surface area contributed by atoms with Crippen molar-refractivity contribution in [2.45, 2.75) is 38.6 Å². The molecule has 3 atom stereocenters. The number of allylic oxidation sites excluding steroid dienone is 2. The number of rotatable bonds is 2. The van der Waals surface area contributed by atoms with Gasteiger partial charge in [0, 0.05) is 25.6 Å². The second-order valence-electron chi connectivity index (χ2n) is 5.24. The number of hydrogen-bond donors (Lipinski definition) is 1. The molecule has 0 saturated carbocycles. The fraction of sp³-hybridized carbons (Fsp3) is 0.769. The zero-order chi connectivity index (χ0) is 11.5. The van der Waals surface area contributed by atoms with Crippen molar-refractivity contribution in [3.8, 4) is 0 Å². The van der Waals surface area contributed by atoms with Gasteiger partial charge in [-0.1, -0.05) is 19.1 Å². The van der Waals surface area contributed by atoms with Gasteiger partial charge in [-0.15, -0.1) is 0 Å². The van der Waals surface area contributed by atoms with Crippen LogP contribution in [-0.2, 0) is 4.79 Å². The maximum atomic E-state index is 12.1. The maximum Gasteiger partial charge on any atom is 0.223 e. The van der Waals surface area contributed by atoms with Crippen molar-refractivity contribution in [1.29, 1.82) is 0 Å². The van der Waals surface area contributed by atoms with Crippen LogP contribution in [0.3, 0.4) is 0 Å². The summed E-state index contributed by atoms with van der Waals surface area (Å²) in [6.45, 7) is 3.83. The monoisotopic (exact) mass is 222 g/mol. The fourth-order valence-electron chi connectivity index (χ4n) is 2.61. The van der Waals surface area contributed by atoms with E-state index in [9.17, 15) is 4.79 Å². The molecule has 2 N–H and O–H groups in total. The molecule has 0 spiro atoms. The minimum atomic E-state index is 0.274. The van der Waals surface area contributed by atoms with E-state index in [4.69, 9.17) is 5.73 Å². The zero-order valence-corrected chi connectivity index (χ0v) is 10.1. The van der Waals surface area contributed by atoms with Crippen LogP contribution in [-0.4, -0.2) is 29.9 Å². The first-order valence-corrected chi connectivity index (χ1v) is 6.37. The quantitative estimate of drug-likeness (QED) is 0.720. The van der Waals surface area contributed by atoms with Crippen molar-refractivity contribution in [3.63, 3.8) is 0 Å². The van der Waals surface area contributed by atoms with Crippen LogP contribution < -0.4 is 5.73 Å². The minimum Gasteiger partial charge on any atom is -0.342 e. The van der Waals surface area contributed by atoms with Gasteiger partial charge in [-0.2, -0.15) is 0 Å². The van der Waals surface area contributed by atoms with E-state index in [0.29, 0.717) is 24.2 Å². The van der Waals surface area contributed by atoms with Gasteiger partial charge in [-0.25, -0.2) is 0 Å². The Morgan fingerprint density at radius 1 is 1.50 bits per heavy atom. The van der Waals surface area contributed by atoms with Crippen LogP contribution in [0.4, 0.5) is 0 Å². The average molecular weight is 222 g/mol. The van der Waals surface area contributed by atoms with E-state index in [1.165, 1.54) is 0 Å². The number of likely N-dealkylation sites (tertiary alicyclic amines) is 1. The Kier molecular flexibility index (Phi) is 3.64. The predicted molar refractivity (Wildman–Crippen MR) is 64.8 cm³/mol. The first kappa shape index (κ1) is 11.6. The molecule has 1 amide bonds. The lowest BCUT2D eigenvalue weighted by atomic mass is 9.94. The molecule has 2 rings (SSSR count). The van der Waals surface area contributed by atoms with E-state index in [1.807, 2.05) is 4.90 Å². The molecule has 0 aromatic heterocycles. The summed E-state index contributed by atoms with van der Waals surface area (Å²) in [5.74, 6) is 1.24. The highest BCUT2D eigenvalue weighted by atomic mass is 16.2. The van der Waals surface area contributed by atoms with Crippen molar-refractivity contribution >= 4 is 5.91 Å². The highest BCUT2D eigenvalue weighted by Gasteiger charge is 2.27. The van der Waals surface area contributed by atoms with Gasteiger partial charge < -0.3 is 10.6 Å². The van der Waals surface area contributed by atoms with E-state index < -0.39 is 0 Å². The number of nitrogens with zero attached hydrogens (tertiary/aromatic N) is 1. The molecule has 2 aliphatic rings. The topological polar surface area (TPSA) is 46.3 Å². The highest BCUT2D eigenvalue weighted by molar-refractivity contribution is 5.76. The van der Waals surface area contributed by atoms with Crippen LogP contribution in [0.15, 0.2) is 12.2 Å². The molecule has 3 nitrogen and oxygen atoms in total. The maximum absolute atomic E-state index is 12.1. The third-order valence-electron chi connectivity index (χ3n) is 3.87. The SMILES string of the molecule is CC1CN(C(=O)CC2C=CCC2)CCC1N. The number of hydrogen-bond acceptors (Lipinski definition) is 2. The lowest BCUT2D eigenvalue weighted by molar-refractivity contribution is -0.133. The van der Waals surface area contributed by atoms with Crippen molar-refractivity contribution < 1.29 is 4.79 Å². The fourth-order valence-corrected chi connectivity index (χ4v) is 2.61. The van der Waals surface area contributed by atoms with Crippen LogP contribution in [0.5, 0.6) is 0 Å². The van der Waals surface area contributed by atoms with Crippen molar-refractivity contribution in [2.75, 3.05) is 13.1 Å². The van der Waals surface area contributed by atoms with Crippen molar-refractivity contribution in [3.05, 3.63) is 12.2 Å². The van der Waals surface area contributed by atoms with Gasteiger partial charge in [0.25, 0.3) is 0 Å². The molecular formula is C13H22N2O. The van der Waals surface area contributed by atoms with E-state index in [0.717, 1.165) is 32.4 Å². The Morgan fingerprint density at radius 3 is 2.94 bits per heavy atom. The summed E-state index contributed by atoms with van der Waals surface area (Å²) in [6.07, 6.45) is 8.31. The number of carbonyl (C=O) groups is 1. The van der Waals surface area contributed by atoms with Gasteiger partial charge in [0.15, 0.2) is 0 Å². The Balaban J connectivity index is 1.83. The smallest absolute Gasteiger partial charge is 0.223 e. The third kappa shape index (κ3) is 2.64. The summed E-state index contributed by atoms with van der Waals surface area (Å²) in [5.41, 5.74) is 5.96. The van der Waals surface area contributed by atoms with Crippen LogP contribution in [0.2, 0.25) is 0 Å². The predicted octanol–water partition coefficient (Wildman–Crippen LogP) is 1.54. The molecule has 1 aliphatic heterocycles. The molecule has 0 aromatic carbocycles. The van der Waals surface area contributed by atoms with Crippen LogP contribution >= 0.6 is 0 Å². The van der Waals surface area contributed by atoms with Crippen molar-refractivity contribution in [1.82, 2.24) is 4.90 Å². The first-order chi connectivity index (χ1) is 7.66. The van der Waals surface area contributed by atoms with E-state index >= 15 is 0 Å². The lowest BCUT2D eigenvalue weighted by Crippen LogP contribution is -2.48. The molecule has 1 aliphatic carbocycles. The van der Waals surface area contributed by atoms with E-state index in [1.54, 1.807) is 0 Å². The molecule has 0 radical (unpaired) electrons. The zero-order valence-electron chi connectivity index (χ0n) is 10.1. The molecule has 0 aromatic rings. The van der Waals surface area contributed by atoms with Crippen LogP contribution in [0.1, 0.15) is 32.6 Å². The largest absolute Gasteiger partial charge is 0.342 e. The minimum absolute atomic E-state index is 0.274. The normalized spacial score (nSPS) is 34.4. The summed E-state index contributed by atoms with van der Waals surface area (Å²) >= 11 is 0. The molecule has 0 bridgehead atoms. The summed E-state index contributed by atoms with van der Waals surface area (Å²) in [5, 5.41) is 0. The molecule has 1 heterocycles. The van der Waals surface area contributed by atoms with Crippen molar-refractivity contribution in [2.24, 2.45) is 17.6 Å². The molecule has 1 saturated heterocycles. The molecule has 90 valence electrons. The molecule has 3 heteroatoms. The second-order valence-corrected chi connectivity index (χ2v) is 5.24. The van der Waals surface area contributed by atoms with Crippen LogP contribution in [0, 0.1) is 11.8 Å². The Labute approximate surface area is 97.7 Å². The van der Waals surface area contributed by atoms with Gasteiger partial charge in [-0.3, -0.25) is 4.79 Å². The number of carbonyl (C=O) groups excluding carboxylic acids is 1. The van der Waals surface area contributed by atoms with Gasteiger partial charge in [-0.05, 0) is 31.1 Å². The summed E-state index contributed by atoms with van der Waals surface area (Å²) in [7, 11) is 0. The average Bonchev–Trinajstić information content (AvgIpc) is 2.74. The number of nitrogens with two attached hydrogens (primary N) is 1. The van der Waals surface area contributed by atoms with E-state index in [-0.39, 0.29) is 6.04 Å². The van der Waals surface area contributed by atoms with Gasteiger partial charge >= 0.3 is 0 Å². The summed E-state index contributed by atoms with van der Waals surface area (Å²) in [4.78, 5) is 14.1. The Bertz CT molecular complexity index is 288. The lowest BCUT2D eigenvalue weighted by Gasteiger charge is -2.35. The number of amides is 1. The van der Waals surface area contributed by atoms with Crippen LogP contribution in [0.25, 0.3) is 0 Å². The van der Waals surface area contributed by atoms with Gasteiger partial charge in [0.1, 0.15) is 0 Å².